The second-order valence-corrected chi connectivity index (χ2v) is 5.22. The van der Waals surface area contributed by atoms with E-state index in [1.807, 2.05) is 18.2 Å². The molecule has 0 bridgehead atoms. The molecule has 2 nitrogen and oxygen atoms in total. The van der Waals surface area contributed by atoms with Crippen molar-refractivity contribution in [3.63, 3.8) is 0 Å². The average molecular weight is 326 g/mol. The summed E-state index contributed by atoms with van der Waals surface area (Å²) in [6.45, 7) is 0.508. The number of benzene rings is 2. The molecule has 2 aromatic carbocycles. The predicted octanol–water partition coefficient (Wildman–Crippen LogP) is 4.27. The van der Waals surface area contributed by atoms with Gasteiger partial charge in [0, 0.05) is 4.47 Å². The Balaban J connectivity index is 1.89. The van der Waals surface area contributed by atoms with Gasteiger partial charge in [-0.15, -0.1) is 0 Å². The van der Waals surface area contributed by atoms with Gasteiger partial charge in [-0.05, 0) is 35.9 Å². The molecule has 0 amide bonds. The fourth-order valence-corrected chi connectivity index (χ4v) is 2.40. The Morgan fingerprint density at radius 3 is 2.74 bits per heavy atom. The summed E-state index contributed by atoms with van der Waals surface area (Å²) >= 11 is 3.38. The summed E-state index contributed by atoms with van der Waals surface area (Å²) < 4.78 is 32.9. The Kier molecular flexibility index (Phi) is 3.14. The monoisotopic (exact) mass is 325 g/mol. The lowest BCUT2D eigenvalue weighted by Gasteiger charge is -2.27. The van der Waals surface area contributed by atoms with E-state index in [2.05, 4.69) is 21.2 Å². The van der Waals surface area contributed by atoms with Gasteiger partial charge in [0.2, 0.25) is 0 Å². The maximum atomic E-state index is 13.2. The third-order valence-electron chi connectivity index (χ3n) is 3.00. The van der Waals surface area contributed by atoms with Crippen molar-refractivity contribution in [1.29, 1.82) is 0 Å². The number of rotatable bonds is 1. The molecule has 0 aromatic heterocycles. The zero-order valence-corrected chi connectivity index (χ0v) is 11.4. The summed E-state index contributed by atoms with van der Waals surface area (Å²) in [5.41, 5.74) is 1.49. The van der Waals surface area contributed by atoms with Gasteiger partial charge in [-0.2, -0.15) is 0 Å². The van der Waals surface area contributed by atoms with Crippen LogP contribution in [0.2, 0.25) is 0 Å². The predicted molar refractivity (Wildman–Crippen MR) is 72.4 cm³/mol. The molecule has 0 saturated heterocycles. The summed E-state index contributed by atoms with van der Waals surface area (Å²) in [7, 11) is 0. The fourth-order valence-electron chi connectivity index (χ4n) is 2.04. The van der Waals surface area contributed by atoms with Crippen LogP contribution >= 0.6 is 15.9 Å². The highest BCUT2D eigenvalue weighted by Crippen LogP contribution is 2.36. The molecule has 0 spiro atoms. The molecule has 98 valence electrons. The van der Waals surface area contributed by atoms with Crippen molar-refractivity contribution in [2.24, 2.45) is 0 Å². The highest BCUT2D eigenvalue weighted by Gasteiger charge is 2.21. The number of nitrogens with one attached hydrogen (secondary N) is 1. The molecule has 1 aliphatic heterocycles. The first kappa shape index (κ1) is 12.4. The molecule has 0 aliphatic carbocycles. The molecule has 19 heavy (non-hydrogen) atoms. The van der Waals surface area contributed by atoms with E-state index in [4.69, 9.17) is 4.74 Å². The maximum absolute atomic E-state index is 13.2. The second-order valence-electron chi connectivity index (χ2n) is 4.30. The lowest BCUT2D eigenvalue weighted by atomic mass is 10.1. The minimum absolute atomic E-state index is 0.330. The first-order valence-electron chi connectivity index (χ1n) is 5.78. The van der Waals surface area contributed by atoms with E-state index in [0.29, 0.717) is 17.9 Å². The van der Waals surface area contributed by atoms with Gasteiger partial charge in [0.15, 0.2) is 11.6 Å². The zero-order valence-electron chi connectivity index (χ0n) is 9.79. The molecule has 1 N–H and O–H groups in total. The van der Waals surface area contributed by atoms with Crippen molar-refractivity contribution in [2.75, 3.05) is 11.9 Å². The highest BCUT2D eigenvalue weighted by atomic mass is 79.9. The van der Waals surface area contributed by atoms with Gasteiger partial charge in [-0.25, -0.2) is 8.78 Å². The molecule has 5 heteroatoms. The SMILES string of the molecule is Fc1ccc(C2CNc3cc(Br)ccc3O2)cc1F. The van der Waals surface area contributed by atoms with Gasteiger partial charge < -0.3 is 10.1 Å². The minimum atomic E-state index is -0.859. The molecule has 0 radical (unpaired) electrons. The molecule has 0 saturated carbocycles. The van der Waals surface area contributed by atoms with Crippen LogP contribution in [0.4, 0.5) is 14.5 Å². The molecule has 3 rings (SSSR count). The van der Waals surface area contributed by atoms with Crippen LogP contribution in [-0.4, -0.2) is 6.54 Å². The number of hydrogen-bond acceptors (Lipinski definition) is 2. The van der Waals surface area contributed by atoms with E-state index in [-0.39, 0.29) is 6.10 Å². The van der Waals surface area contributed by atoms with Crippen molar-refractivity contribution in [2.45, 2.75) is 6.10 Å². The van der Waals surface area contributed by atoms with Gasteiger partial charge in [0.1, 0.15) is 11.9 Å². The summed E-state index contributed by atoms with van der Waals surface area (Å²) in [5.74, 6) is -1.01. The normalized spacial score (nSPS) is 17.3. The van der Waals surface area contributed by atoms with Gasteiger partial charge >= 0.3 is 0 Å². The summed E-state index contributed by atoms with van der Waals surface area (Å²) in [4.78, 5) is 0. The lowest BCUT2D eigenvalue weighted by molar-refractivity contribution is 0.209. The molecular formula is C14H10BrF2NO. The Morgan fingerprint density at radius 2 is 1.95 bits per heavy atom. The fraction of sp³-hybridized carbons (Fsp3) is 0.143. The number of anilines is 1. The van der Waals surface area contributed by atoms with Gasteiger partial charge in [0.05, 0.1) is 12.2 Å². The topological polar surface area (TPSA) is 21.3 Å². The van der Waals surface area contributed by atoms with Crippen molar-refractivity contribution in [3.8, 4) is 5.75 Å². The Morgan fingerprint density at radius 1 is 1.11 bits per heavy atom. The van der Waals surface area contributed by atoms with Crippen LogP contribution in [0.15, 0.2) is 40.9 Å². The molecule has 1 aliphatic rings. The van der Waals surface area contributed by atoms with Crippen LogP contribution in [0.5, 0.6) is 5.75 Å². The van der Waals surface area contributed by atoms with Crippen LogP contribution in [-0.2, 0) is 0 Å². The maximum Gasteiger partial charge on any atom is 0.159 e. The van der Waals surface area contributed by atoms with Crippen LogP contribution in [0.25, 0.3) is 0 Å². The third-order valence-corrected chi connectivity index (χ3v) is 3.50. The van der Waals surface area contributed by atoms with E-state index in [9.17, 15) is 8.78 Å². The van der Waals surface area contributed by atoms with Crippen molar-refractivity contribution in [1.82, 2.24) is 0 Å². The summed E-state index contributed by atoms with van der Waals surface area (Å²) in [6, 6.07) is 9.44. The van der Waals surface area contributed by atoms with Crippen LogP contribution in [0.1, 0.15) is 11.7 Å². The van der Waals surface area contributed by atoms with Crippen LogP contribution in [0.3, 0.4) is 0 Å². The molecule has 1 heterocycles. The summed E-state index contributed by atoms with van der Waals surface area (Å²) in [5, 5.41) is 3.21. The average Bonchev–Trinajstić information content (AvgIpc) is 2.41. The molecule has 1 atom stereocenters. The highest BCUT2D eigenvalue weighted by molar-refractivity contribution is 9.10. The largest absolute Gasteiger partial charge is 0.482 e. The lowest BCUT2D eigenvalue weighted by Crippen LogP contribution is -2.23. The van der Waals surface area contributed by atoms with E-state index in [0.717, 1.165) is 16.2 Å². The Bertz CT molecular complexity index is 633. The summed E-state index contributed by atoms with van der Waals surface area (Å²) in [6.07, 6.45) is -0.330. The van der Waals surface area contributed by atoms with Gasteiger partial charge in [0.25, 0.3) is 0 Å². The molecule has 1 unspecified atom stereocenters. The Labute approximate surface area is 117 Å². The van der Waals surface area contributed by atoms with Crippen molar-refractivity contribution >= 4 is 21.6 Å². The molecule has 2 aromatic rings. The molecular weight excluding hydrogens is 316 g/mol. The van der Waals surface area contributed by atoms with Crippen LogP contribution in [0, 0.1) is 11.6 Å². The van der Waals surface area contributed by atoms with Crippen LogP contribution < -0.4 is 10.1 Å². The first-order chi connectivity index (χ1) is 9.13. The van der Waals surface area contributed by atoms with Crippen molar-refractivity contribution in [3.05, 3.63) is 58.1 Å². The van der Waals surface area contributed by atoms with E-state index in [1.54, 1.807) is 0 Å². The zero-order chi connectivity index (χ0) is 13.4. The minimum Gasteiger partial charge on any atom is -0.482 e. The van der Waals surface area contributed by atoms with Crippen molar-refractivity contribution < 1.29 is 13.5 Å². The number of fused-ring (bicyclic) bond motifs is 1. The third kappa shape index (κ3) is 2.42. The Hall–Kier alpha value is -1.62. The number of halogens is 3. The quantitative estimate of drug-likeness (QED) is 0.845. The number of hydrogen-bond donors (Lipinski definition) is 1. The van der Waals surface area contributed by atoms with E-state index >= 15 is 0 Å². The standard InChI is InChI=1S/C14H10BrF2NO/c15-9-2-4-13-12(6-9)18-7-14(19-13)8-1-3-10(16)11(17)5-8/h1-6,14,18H,7H2. The smallest absolute Gasteiger partial charge is 0.159 e. The van der Waals surface area contributed by atoms with Gasteiger partial charge in [-0.3, -0.25) is 0 Å². The second kappa shape index (κ2) is 4.81. The van der Waals surface area contributed by atoms with E-state index < -0.39 is 11.6 Å². The van der Waals surface area contributed by atoms with Gasteiger partial charge in [-0.1, -0.05) is 22.0 Å². The first-order valence-corrected chi connectivity index (χ1v) is 6.58. The number of ether oxygens (including phenoxy) is 1. The van der Waals surface area contributed by atoms with E-state index in [1.165, 1.54) is 12.1 Å². The molecule has 0 fully saturated rings.